The van der Waals surface area contributed by atoms with Gasteiger partial charge in [-0.3, -0.25) is 4.79 Å². The Balaban J connectivity index is 2.20. The molecule has 4 heteroatoms. The van der Waals surface area contributed by atoms with E-state index in [1.54, 1.807) is 0 Å². The van der Waals surface area contributed by atoms with Gasteiger partial charge in [-0.25, -0.2) is 0 Å². The average Bonchev–Trinajstić information content (AvgIpc) is 2.35. The molecule has 0 spiro atoms. The molecular formula is C14H29N3O. The molecule has 1 saturated carbocycles. The molecular weight excluding hydrogens is 226 g/mol. The third-order valence-electron chi connectivity index (χ3n) is 4.01. The molecule has 0 aromatic heterocycles. The Kier molecular flexibility index (Phi) is 6.65. The first-order valence-corrected chi connectivity index (χ1v) is 7.37. The van der Waals surface area contributed by atoms with Gasteiger partial charge in [0.15, 0.2) is 0 Å². The van der Waals surface area contributed by atoms with Crippen LogP contribution in [0.25, 0.3) is 0 Å². The number of nitrogens with zero attached hydrogens (tertiary/aromatic N) is 1. The smallest absolute Gasteiger partial charge is 0.221 e. The van der Waals surface area contributed by atoms with E-state index in [1.165, 1.54) is 19.3 Å². The molecule has 18 heavy (non-hydrogen) atoms. The molecule has 3 N–H and O–H groups in total. The van der Waals surface area contributed by atoms with Crippen molar-refractivity contribution in [2.75, 3.05) is 26.2 Å². The number of hydrogen-bond acceptors (Lipinski definition) is 3. The summed E-state index contributed by atoms with van der Waals surface area (Å²) in [5, 5.41) is 2.99. The number of nitrogens with two attached hydrogens (primary N) is 1. The first kappa shape index (κ1) is 15.4. The molecule has 0 radical (unpaired) electrons. The van der Waals surface area contributed by atoms with Gasteiger partial charge >= 0.3 is 0 Å². The summed E-state index contributed by atoms with van der Waals surface area (Å²) < 4.78 is 0. The lowest BCUT2D eigenvalue weighted by molar-refractivity contribution is -0.122. The van der Waals surface area contributed by atoms with E-state index in [-0.39, 0.29) is 11.4 Å². The van der Waals surface area contributed by atoms with Crippen LogP contribution in [0.5, 0.6) is 0 Å². The van der Waals surface area contributed by atoms with E-state index in [2.05, 4.69) is 24.1 Å². The fourth-order valence-electron chi connectivity index (χ4n) is 2.71. The SMILES string of the molecule is CCN(CC)CCNC(=O)CC1(N)CCCCC1. The summed E-state index contributed by atoms with van der Waals surface area (Å²) in [5.74, 6) is 0.117. The molecule has 106 valence electrons. The van der Waals surface area contributed by atoms with E-state index in [0.29, 0.717) is 6.42 Å². The van der Waals surface area contributed by atoms with Gasteiger partial charge in [-0.1, -0.05) is 33.1 Å². The molecule has 1 aliphatic carbocycles. The zero-order chi connectivity index (χ0) is 13.4. The van der Waals surface area contributed by atoms with E-state index >= 15 is 0 Å². The number of carbonyl (C=O) groups is 1. The summed E-state index contributed by atoms with van der Waals surface area (Å²) in [5.41, 5.74) is 6.03. The fourth-order valence-corrected chi connectivity index (χ4v) is 2.71. The lowest BCUT2D eigenvalue weighted by atomic mass is 9.80. The van der Waals surface area contributed by atoms with Gasteiger partial charge in [0.25, 0.3) is 0 Å². The van der Waals surface area contributed by atoms with E-state index in [0.717, 1.165) is 39.0 Å². The molecule has 1 aliphatic rings. The maximum Gasteiger partial charge on any atom is 0.221 e. The predicted molar refractivity (Wildman–Crippen MR) is 75.4 cm³/mol. The summed E-state index contributed by atoms with van der Waals surface area (Å²) in [6, 6.07) is 0. The summed E-state index contributed by atoms with van der Waals surface area (Å²) in [6.07, 6.45) is 6.09. The molecule has 0 heterocycles. The Morgan fingerprint density at radius 2 is 1.83 bits per heavy atom. The molecule has 0 aliphatic heterocycles. The molecule has 4 nitrogen and oxygen atoms in total. The monoisotopic (exact) mass is 255 g/mol. The molecule has 0 atom stereocenters. The second-order valence-electron chi connectivity index (χ2n) is 5.48. The molecule has 0 saturated heterocycles. The van der Waals surface area contributed by atoms with Gasteiger partial charge in [0.1, 0.15) is 0 Å². The molecule has 1 fully saturated rings. The highest BCUT2D eigenvalue weighted by Crippen LogP contribution is 2.28. The molecule has 1 rings (SSSR count). The number of amides is 1. The molecule has 1 amide bonds. The number of rotatable bonds is 7. The summed E-state index contributed by atoms with van der Waals surface area (Å²) >= 11 is 0. The minimum atomic E-state index is -0.239. The quantitative estimate of drug-likeness (QED) is 0.725. The third kappa shape index (κ3) is 5.36. The zero-order valence-electron chi connectivity index (χ0n) is 12.0. The van der Waals surface area contributed by atoms with Crippen LogP contribution in [-0.2, 0) is 4.79 Å². The Morgan fingerprint density at radius 3 is 2.39 bits per heavy atom. The van der Waals surface area contributed by atoms with E-state index in [4.69, 9.17) is 5.73 Å². The normalized spacial score (nSPS) is 18.9. The Labute approximate surface area is 111 Å². The second-order valence-corrected chi connectivity index (χ2v) is 5.48. The second kappa shape index (κ2) is 7.74. The lowest BCUT2D eigenvalue weighted by Crippen LogP contribution is -2.46. The average molecular weight is 255 g/mol. The largest absolute Gasteiger partial charge is 0.355 e. The van der Waals surface area contributed by atoms with Crippen LogP contribution in [-0.4, -0.2) is 42.5 Å². The van der Waals surface area contributed by atoms with Crippen molar-refractivity contribution in [1.82, 2.24) is 10.2 Å². The van der Waals surface area contributed by atoms with Crippen molar-refractivity contribution in [2.24, 2.45) is 5.73 Å². The zero-order valence-corrected chi connectivity index (χ0v) is 12.0. The minimum Gasteiger partial charge on any atom is -0.355 e. The first-order chi connectivity index (χ1) is 8.59. The standard InChI is InChI=1S/C14H29N3O/c1-3-17(4-2)11-10-16-13(18)12-14(15)8-6-5-7-9-14/h3-12,15H2,1-2H3,(H,16,18). The maximum absolute atomic E-state index is 11.9. The van der Waals surface area contributed by atoms with Crippen LogP contribution in [0.1, 0.15) is 52.4 Å². The van der Waals surface area contributed by atoms with Crippen LogP contribution >= 0.6 is 0 Å². The van der Waals surface area contributed by atoms with Crippen LogP contribution in [0.15, 0.2) is 0 Å². The van der Waals surface area contributed by atoms with Gasteiger partial charge in [-0.15, -0.1) is 0 Å². The van der Waals surface area contributed by atoms with Crippen molar-refractivity contribution in [3.05, 3.63) is 0 Å². The summed E-state index contributed by atoms with van der Waals surface area (Å²) in [4.78, 5) is 14.2. The molecule has 0 bridgehead atoms. The number of carbonyl (C=O) groups excluding carboxylic acids is 1. The van der Waals surface area contributed by atoms with E-state index < -0.39 is 0 Å². The van der Waals surface area contributed by atoms with Gasteiger partial charge in [-0.05, 0) is 25.9 Å². The van der Waals surface area contributed by atoms with Crippen LogP contribution in [0, 0.1) is 0 Å². The van der Waals surface area contributed by atoms with Crippen LogP contribution in [0.2, 0.25) is 0 Å². The highest BCUT2D eigenvalue weighted by molar-refractivity contribution is 5.77. The van der Waals surface area contributed by atoms with E-state index in [9.17, 15) is 4.79 Å². The topological polar surface area (TPSA) is 58.4 Å². The Morgan fingerprint density at radius 1 is 1.22 bits per heavy atom. The van der Waals surface area contributed by atoms with Crippen molar-refractivity contribution >= 4 is 5.91 Å². The Bertz CT molecular complexity index is 245. The van der Waals surface area contributed by atoms with Crippen molar-refractivity contribution in [1.29, 1.82) is 0 Å². The first-order valence-electron chi connectivity index (χ1n) is 7.37. The Hall–Kier alpha value is -0.610. The highest BCUT2D eigenvalue weighted by atomic mass is 16.1. The van der Waals surface area contributed by atoms with Crippen molar-refractivity contribution in [3.8, 4) is 0 Å². The van der Waals surface area contributed by atoms with Crippen LogP contribution < -0.4 is 11.1 Å². The summed E-state index contributed by atoms with van der Waals surface area (Å²) in [6.45, 7) is 8.01. The van der Waals surface area contributed by atoms with Gasteiger partial charge in [0.2, 0.25) is 5.91 Å². The van der Waals surface area contributed by atoms with Crippen molar-refractivity contribution < 1.29 is 4.79 Å². The predicted octanol–water partition coefficient (Wildman–Crippen LogP) is 1.50. The van der Waals surface area contributed by atoms with Gasteiger partial charge < -0.3 is 16.0 Å². The number of nitrogens with one attached hydrogen (secondary N) is 1. The third-order valence-corrected chi connectivity index (χ3v) is 4.01. The van der Waals surface area contributed by atoms with Crippen LogP contribution in [0.4, 0.5) is 0 Å². The van der Waals surface area contributed by atoms with E-state index in [1.807, 2.05) is 0 Å². The van der Waals surface area contributed by atoms with Gasteiger partial charge in [-0.2, -0.15) is 0 Å². The van der Waals surface area contributed by atoms with Gasteiger partial charge in [0, 0.05) is 25.0 Å². The number of hydrogen-bond donors (Lipinski definition) is 2. The van der Waals surface area contributed by atoms with Crippen molar-refractivity contribution in [3.63, 3.8) is 0 Å². The minimum absolute atomic E-state index is 0.117. The maximum atomic E-state index is 11.9. The van der Waals surface area contributed by atoms with Crippen molar-refractivity contribution in [2.45, 2.75) is 57.9 Å². The van der Waals surface area contributed by atoms with Crippen LogP contribution in [0.3, 0.4) is 0 Å². The molecule has 0 unspecified atom stereocenters. The lowest BCUT2D eigenvalue weighted by Gasteiger charge is -2.32. The molecule has 0 aromatic carbocycles. The molecule has 0 aromatic rings. The van der Waals surface area contributed by atoms with Gasteiger partial charge in [0.05, 0.1) is 0 Å². The highest BCUT2D eigenvalue weighted by Gasteiger charge is 2.29. The number of likely N-dealkylation sites (N-methyl/N-ethyl adjacent to an activating group) is 1. The summed E-state index contributed by atoms with van der Waals surface area (Å²) in [7, 11) is 0. The fraction of sp³-hybridized carbons (Fsp3) is 0.929.